The van der Waals surface area contributed by atoms with Crippen LogP contribution < -0.4 is 22.2 Å². The number of fused-ring (bicyclic) bond motifs is 7. The van der Waals surface area contributed by atoms with E-state index < -0.39 is 46.2 Å². The van der Waals surface area contributed by atoms with E-state index in [1.807, 2.05) is 54.6 Å². The number of rotatable bonds is 0. The van der Waals surface area contributed by atoms with Gasteiger partial charge in [-0.3, -0.25) is 47.6 Å². The van der Waals surface area contributed by atoms with E-state index in [9.17, 15) is 38.7 Å². The van der Waals surface area contributed by atoms with E-state index in [1.165, 1.54) is 26.0 Å². The molecule has 4 heterocycles. The second kappa shape index (κ2) is 10.3. The highest BCUT2D eigenvalue weighted by Crippen LogP contribution is 2.58. The van der Waals surface area contributed by atoms with Gasteiger partial charge in [0.15, 0.2) is 6.23 Å². The number of hydrogen-bond donors (Lipinski definition) is 1. The third kappa shape index (κ3) is 3.28. The molecule has 0 fully saturated rings. The third-order valence-electron chi connectivity index (χ3n) is 16.0. The monoisotopic (exact) mass is 858 g/mol. The Morgan fingerprint density at radius 2 is 0.682 bits per heavy atom. The molecule has 66 heavy (non-hydrogen) atoms. The molecule has 0 saturated heterocycles. The van der Waals surface area contributed by atoms with Crippen LogP contribution in [-0.2, 0) is 14.1 Å². The summed E-state index contributed by atoms with van der Waals surface area (Å²) in [4.78, 5) is 103. The van der Waals surface area contributed by atoms with Gasteiger partial charge in [0.05, 0.1) is 0 Å². The van der Waals surface area contributed by atoms with Crippen LogP contribution in [0.25, 0.3) is 140 Å². The van der Waals surface area contributed by atoms with Gasteiger partial charge in [0.25, 0.3) is 40.0 Å². The summed E-state index contributed by atoms with van der Waals surface area (Å²) >= 11 is 0. The van der Waals surface area contributed by atoms with Gasteiger partial charge in [-0.2, -0.15) is 0 Å². The molecule has 16 rings (SSSR count). The van der Waals surface area contributed by atoms with Crippen LogP contribution in [0.4, 0.5) is 0 Å². The topological polar surface area (TPSA) is 156 Å². The lowest BCUT2D eigenvalue weighted by Crippen LogP contribution is -2.37. The van der Waals surface area contributed by atoms with Crippen molar-refractivity contribution in [2.45, 2.75) is 6.23 Å². The van der Waals surface area contributed by atoms with Gasteiger partial charge in [0, 0.05) is 93.5 Å². The second-order valence-electron chi connectivity index (χ2n) is 18.6. The number of aliphatic hydroxyl groups is 1. The fourth-order valence-electron chi connectivity index (χ4n) is 13.1. The Kier molecular flexibility index (Phi) is 5.45. The number of hydrogen-bond acceptors (Lipinski definition) is 8. The maximum atomic E-state index is 14.6. The van der Waals surface area contributed by atoms with E-state index in [0.29, 0.717) is 114 Å². The van der Waals surface area contributed by atoms with Crippen molar-refractivity contribution in [1.29, 1.82) is 0 Å². The summed E-state index contributed by atoms with van der Waals surface area (Å²) in [7, 11) is 5.97. The van der Waals surface area contributed by atoms with Crippen molar-refractivity contribution in [1.82, 2.24) is 18.9 Å². The number of carbonyl (C=O) groups excluding carboxylic acids is 3. The first-order valence-corrected chi connectivity index (χ1v) is 21.5. The SMILES string of the molecule is CN1C(=O)c2ccc3c4ccc5c6c(cc7c8c9cc%10c(=O)n(C)c(=O)c%11ccc%12c%13ccc%14c(=O)n(C)c(=O)c%15cc(c8c8cc(c2c3c8c7c64)C1=O)c(c%13c%14%15)c9c%12c%11%10)C(=O)N(C)C5O. The molecule has 3 amide bonds. The van der Waals surface area contributed by atoms with E-state index in [0.717, 1.165) is 62.5 Å². The average Bonchev–Trinajstić information content (AvgIpc) is 3.33. The zero-order valence-corrected chi connectivity index (χ0v) is 35.1. The van der Waals surface area contributed by atoms with Gasteiger partial charge in [0.1, 0.15) is 0 Å². The average molecular weight is 859 g/mol. The maximum Gasteiger partial charge on any atom is 0.261 e. The molecule has 0 spiro atoms. The molecule has 310 valence electrons. The Balaban J connectivity index is 1.35. The molecule has 12 aromatic carbocycles. The highest BCUT2D eigenvalue weighted by Gasteiger charge is 2.38. The minimum Gasteiger partial charge on any atom is -0.369 e. The van der Waals surface area contributed by atoms with Crippen LogP contribution in [0.2, 0.25) is 0 Å². The van der Waals surface area contributed by atoms with Crippen LogP contribution in [0.3, 0.4) is 0 Å². The normalized spacial score (nSPS) is 16.1. The summed E-state index contributed by atoms with van der Waals surface area (Å²) in [6, 6.07) is 22.1. The molecular weight excluding hydrogens is 833 g/mol. The number of benzene rings is 12. The van der Waals surface area contributed by atoms with Crippen molar-refractivity contribution in [3.05, 3.63) is 136 Å². The first-order chi connectivity index (χ1) is 31.8. The molecule has 0 radical (unpaired) electrons. The fraction of sp³-hybridized carbons (Fsp3) is 0.0926. The molecule has 12 heteroatoms. The maximum absolute atomic E-state index is 14.6. The van der Waals surface area contributed by atoms with Gasteiger partial charge < -0.3 is 10.0 Å². The Morgan fingerprint density at radius 3 is 1.20 bits per heavy atom. The molecule has 0 aliphatic carbocycles. The summed E-state index contributed by atoms with van der Waals surface area (Å²) in [6.07, 6.45) is -1.23. The smallest absolute Gasteiger partial charge is 0.261 e. The van der Waals surface area contributed by atoms with Gasteiger partial charge in [0.2, 0.25) is 0 Å². The molecule has 0 bridgehead atoms. The van der Waals surface area contributed by atoms with Crippen molar-refractivity contribution < 1.29 is 19.5 Å². The summed E-state index contributed by atoms with van der Waals surface area (Å²) < 4.78 is 2.25. The van der Waals surface area contributed by atoms with Crippen molar-refractivity contribution >= 4 is 158 Å². The Labute approximate surface area is 365 Å². The Hall–Kier alpha value is -8.61. The number of nitrogens with zero attached hydrogens (tertiary/aromatic N) is 4. The zero-order valence-electron chi connectivity index (χ0n) is 35.1. The summed E-state index contributed by atoms with van der Waals surface area (Å²) in [5.74, 6) is -1.30. The van der Waals surface area contributed by atoms with Gasteiger partial charge in [-0.25, -0.2) is 0 Å². The molecule has 2 aliphatic heterocycles. The third-order valence-corrected chi connectivity index (χ3v) is 16.0. The molecule has 1 unspecified atom stereocenters. The highest BCUT2D eigenvalue weighted by atomic mass is 16.3. The van der Waals surface area contributed by atoms with E-state index in [-0.39, 0.29) is 0 Å². The van der Waals surface area contributed by atoms with Gasteiger partial charge >= 0.3 is 0 Å². The van der Waals surface area contributed by atoms with Crippen molar-refractivity contribution in [2.24, 2.45) is 14.1 Å². The van der Waals surface area contributed by atoms with Gasteiger partial charge in [-0.1, -0.05) is 30.3 Å². The minimum atomic E-state index is -1.23. The van der Waals surface area contributed by atoms with E-state index >= 15 is 0 Å². The highest BCUT2D eigenvalue weighted by molar-refractivity contribution is 6.56. The standard InChI is InChI=1S/C54H26N4O8/c1-55-47(59)21-9-5-17-18-6-10-22-34-31(53(65)57(3)48(22)60)15-27-38-28-16-32-36-24(50(62)58(4)54(32)66)12-8-20-19-7-11-23-35-30(52(64)56(2)49(23)61)14-26(45(41(19)35)46(28)42(20)36)37(38)25-13-29(51(55)63)33(21)39(17)43(25)44(27)40(18)34/h5-16,47,59H,1-4H3. The first-order valence-electron chi connectivity index (χ1n) is 21.5. The quantitative estimate of drug-likeness (QED) is 0.0924. The molecule has 1 atom stereocenters. The molecule has 0 saturated carbocycles. The van der Waals surface area contributed by atoms with Crippen molar-refractivity contribution in [3.63, 3.8) is 0 Å². The van der Waals surface area contributed by atoms with Crippen LogP contribution in [0, 0.1) is 0 Å². The van der Waals surface area contributed by atoms with Crippen LogP contribution in [0.1, 0.15) is 42.9 Å². The largest absolute Gasteiger partial charge is 0.369 e. The molecule has 2 aromatic heterocycles. The Morgan fingerprint density at radius 1 is 0.333 bits per heavy atom. The van der Waals surface area contributed by atoms with E-state index in [2.05, 4.69) is 0 Å². The van der Waals surface area contributed by atoms with Crippen LogP contribution in [-0.4, -0.2) is 55.9 Å². The van der Waals surface area contributed by atoms with E-state index in [4.69, 9.17) is 0 Å². The number of pyridine rings is 2. The van der Waals surface area contributed by atoms with Crippen molar-refractivity contribution in [3.8, 4) is 0 Å². The number of carbonyl (C=O) groups is 3. The molecule has 2 aliphatic rings. The first kappa shape index (κ1) is 34.8. The molecule has 14 aromatic rings. The number of aliphatic hydroxyl groups excluding tert-OH is 1. The predicted molar refractivity (Wildman–Crippen MR) is 258 cm³/mol. The van der Waals surface area contributed by atoms with Gasteiger partial charge in [-0.15, -0.1) is 0 Å². The Bertz CT molecular complexity index is 5110. The molecule has 12 nitrogen and oxygen atoms in total. The van der Waals surface area contributed by atoms with Crippen LogP contribution >= 0.6 is 0 Å². The van der Waals surface area contributed by atoms with Crippen LogP contribution in [0.5, 0.6) is 0 Å². The number of imide groups is 1. The van der Waals surface area contributed by atoms with E-state index in [1.54, 1.807) is 25.2 Å². The fourth-order valence-corrected chi connectivity index (χ4v) is 13.1. The lowest BCUT2D eigenvalue weighted by molar-refractivity contribution is 0.0174. The molecular formula is C54H26N4O8. The zero-order chi connectivity index (χ0) is 44.7. The lowest BCUT2D eigenvalue weighted by Gasteiger charge is -2.33. The number of amides is 3. The summed E-state index contributed by atoms with van der Waals surface area (Å²) in [5, 5.41) is 27.7. The number of aromatic nitrogens is 2. The van der Waals surface area contributed by atoms with Gasteiger partial charge in [-0.05, 0) is 139 Å². The molecule has 1 N–H and O–H groups in total. The summed E-state index contributed by atoms with van der Waals surface area (Å²) in [5.41, 5.74) is -0.228. The second-order valence-corrected chi connectivity index (χ2v) is 18.6. The predicted octanol–water partition coefficient (Wildman–Crippen LogP) is 7.73. The van der Waals surface area contributed by atoms with Crippen LogP contribution in [0.15, 0.2) is 92.0 Å². The van der Waals surface area contributed by atoms with Crippen molar-refractivity contribution in [2.75, 3.05) is 14.1 Å². The minimum absolute atomic E-state index is 0.316. The lowest BCUT2D eigenvalue weighted by atomic mass is 9.75. The summed E-state index contributed by atoms with van der Waals surface area (Å²) in [6.45, 7) is 0.